The number of ether oxygens (including phenoxy) is 1. The molecular formula is C17H20N4O8S. The molecule has 0 aliphatic carbocycles. The van der Waals surface area contributed by atoms with Gasteiger partial charge in [-0.15, -0.1) is 11.8 Å². The maximum absolute atomic E-state index is 12.6. The molecule has 0 saturated carbocycles. The molecule has 13 heteroatoms. The van der Waals surface area contributed by atoms with Crippen molar-refractivity contribution in [3.05, 3.63) is 35.4 Å². The molecule has 12 nitrogen and oxygen atoms in total. The number of hydrogen-bond acceptors (Lipinski definition) is 10. The van der Waals surface area contributed by atoms with Gasteiger partial charge in [0.25, 0.3) is 11.8 Å². The SMILES string of the molecule is CON=C(C(=O)N[C@@H]1C(=O)N2C(C(=O)[O-])=C(COC(C)=O)CS[C@H]12)c1ccco1.[NH4+]. The fourth-order valence-electron chi connectivity index (χ4n) is 2.88. The number of amides is 2. The van der Waals surface area contributed by atoms with E-state index in [0.717, 1.165) is 4.90 Å². The predicted octanol–water partition coefficient (Wildman–Crippen LogP) is -1.03. The number of quaternary nitrogens is 1. The van der Waals surface area contributed by atoms with Gasteiger partial charge in [0.15, 0.2) is 5.76 Å². The molecule has 162 valence electrons. The summed E-state index contributed by atoms with van der Waals surface area (Å²) in [6, 6.07) is 2.08. The number of oxime groups is 1. The van der Waals surface area contributed by atoms with Crippen LogP contribution in [0.4, 0.5) is 0 Å². The van der Waals surface area contributed by atoms with E-state index in [4.69, 9.17) is 9.15 Å². The van der Waals surface area contributed by atoms with Crippen LogP contribution >= 0.6 is 11.8 Å². The molecule has 2 aliphatic heterocycles. The van der Waals surface area contributed by atoms with E-state index in [1.165, 1.54) is 38.1 Å². The first-order valence-corrected chi connectivity index (χ1v) is 9.37. The summed E-state index contributed by atoms with van der Waals surface area (Å²) in [5, 5.41) is 17.1. The number of aliphatic carboxylic acids is 1. The normalized spacial score (nSPS) is 20.5. The van der Waals surface area contributed by atoms with Crippen LogP contribution < -0.4 is 16.6 Å². The van der Waals surface area contributed by atoms with Gasteiger partial charge in [0.1, 0.15) is 25.1 Å². The number of carboxylic acid groups (broad SMARTS) is 1. The van der Waals surface area contributed by atoms with Crippen molar-refractivity contribution < 1.29 is 38.3 Å². The van der Waals surface area contributed by atoms with Crippen LogP contribution in [0.3, 0.4) is 0 Å². The summed E-state index contributed by atoms with van der Waals surface area (Å²) in [4.78, 5) is 53.4. The lowest BCUT2D eigenvalue weighted by atomic mass is 10.0. The number of nitrogens with one attached hydrogen (secondary N) is 1. The lowest BCUT2D eigenvalue weighted by Gasteiger charge is -2.50. The van der Waals surface area contributed by atoms with Crippen molar-refractivity contribution in [1.29, 1.82) is 0 Å². The Kier molecular flexibility index (Phi) is 7.24. The number of esters is 1. The minimum absolute atomic E-state index is 0. The van der Waals surface area contributed by atoms with E-state index in [9.17, 15) is 24.3 Å². The first-order valence-electron chi connectivity index (χ1n) is 8.32. The number of rotatable bonds is 7. The second-order valence-electron chi connectivity index (χ2n) is 5.98. The summed E-state index contributed by atoms with van der Waals surface area (Å²) in [7, 11) is 1.25. The molecule has 0 radical (unpaired) electrons. The van der Waals surface area contributed by atoms with Crippen LogP contribution in [0.5, 0.6) is 0 Å². The van der Waals surface area contributed by atoms with Crippen LogP contribution in [0.25, 0.3) is 0 Å². The van der Waals surface area contributed by atoms with Crippen molar-refractivity contribution in [1.82, 2.24) is 16.4 Å². The zero-order valence-electron chi connectivity index (χ0n) is 16.4. The first-order chi connectivity index (χ1) is 13.8. The molecule has 0 bridgehead atoms. The van der Waals surface area contributed by atoms with E-state index in [0.29, 0.717) is 0 Å². The van der Waals surface area contributed by atoms with Crippen LogP contribution in [0.2, 0.25) is 0 Å². The third kappa shape index (κ3) is 4.31. The molecule has 0 unspecified atom stereocenters. The van der Waals surface area contributed by atoms with Gasteiger partial charge in [0, 0.05) is 18.2 Å². The van der Waals surface area contributed by atoms with Gasteiger partial charge < -0.3 is 35.4 Å². The Labute approximate surface area is 174 Å². The Hall–Kier alpha value is -3.32. The van der Waals surface area contributed by atoms with E-state index in [1.54, 1.807) is 6.07 Å². The van der Waals surface area contributed by atoms with Crippen molar-refractivity contribution in [2.24, 2.45) is 5.16 Å². The number of carbonyl (C=O) groups excluding carboxylic acids is 4. The van der Waals surface area contributed by atoms with Crippen molar-refractivity contribution in [2.45, 2.75) is 18.3 Å². The van der Waals surface area contributed by atoms with Gasteiger partial charge in [0.2, 0.25) is 5.71 Å². The average Bonchev–Trinajstić information content (AvgIpc) is 3.21. The molecule has 3 heterocycles. The topological polar surface area (TPSA) is 187 Å². The van der Waals surface area contributed by atoms with Crippen molar-refractivity contribution >= 4 is 41.2 Å². The average molecular weight is 440 g/mol. The van der Waals surface area contributed by atoms with Crippen molar-refractivity contribution in [3.63, 3.8) is 0 Å². The highest BCUT2D eigenvalue weighted by atomic mass is 32.2. The third-order valence-electron chi connectivity index (χ3n) is 4.13. The van der Waals surface area contributed by atoms with E-state index < -0.39 is 35.2 Å². The fourth-order valence-corrected chi connectivity index (χ4v) is 4.21. The molecule has 1 fully saturated rings. The molecule has 2 amide bonds. The number of carboxylic acids is 1. The number of hydrogen-bond donors (Lipinski definition) is 2. The van der Waals surface area contributed by atoms with Gasteiger partial charge in [-0.3, -0.25) is 19.3 Å². The lowest BCUT2D eigenvalue weighted by Crippen LogP contribution is -2.71. The second-order valence-corrected chi connectivity index (χ2v) is 7.09. The Morgan fingerprint density at radius 3 is 2.73 bits per heavy atom. The van der Waals surface area contributed by atoms with E-state index in [-0.39, 0.29) is 41.3 Å². The summed E-state index contributed by atoms with van der Waals surface area (Å²) in [5.74, 6) is -3.16. The van der Waals surface area contributed by atoms with E-state index in [1.807, 2.05) is 0 Å². The maximum Gasteiger partial charge on any atom is 0.302 e. The van der Waals surface area contributed by atoms with Crippen molar-refractivity contribution in [3.8, 4) is 0 Å². The Balaban J connectivity index is 0.00000320. The van der Waals surface area contributed by atoms with Gasteiger partial charge in [-0.05, 0) is 12.1 Å². The summed E-state index contributed by atoms with van der Waals surface area (Å²) in [6.45, 7) is 0.929. The van der Waals surface area contributed by atoms with E-state index >= 15 is 0 Å². The minimum atomic E-state index is -1.56. The van der Waals surface area contributed by atoms with E-state index in [2.05, 4.69) is 15.3 Å². The van der Waals surface area contributed by atoms with Crippen LogP contribution in [-0.2, 0) is 28.8 Å². The predicted molar refractivity (Wildman–Crippen MR) is 102 cm³/mol. The van der Waals surface area contributed by atoms with Crippen molar-refractivity contribution in [2.75, 3.05) is 19.5 Å². The van der Waals surface area contributed by atoms with Gasteiger partial charge in [-0.25, -0.2) is 0 Å². The molecule has 0 spiro atoms. The van der Waals surface area contributed by atoms with Gasteiger partial charge in [-0.2, -0.15) is 0 Å². The number of furan rings is 1. The number of nitrogens with zero attached hydrogens (tertiary/aromatic N) is 2. The number of carbonyl (C=O) groups is 4. The first kappa shape index (κ1) is 23.0. The second kappa shape index (κ2) is 9.45. The summed E-state index contributed by atoms with van der Waals surface area (Å²) in [5.41, 5.74) is -0.269. The molecule has 2 atom stereocenters. The zero-order chi connectivity index (χ0) is 21.1. The minimum Gasteiger partial charge on any atom is -0.543 e. The third-order valence-corrected chi connectivity index (χ3v) is 5.47. The molecule has 3 rings (SSSR count). The molecule has 1 aromatic heterocycles. The molecule has 30 heavy (non-hydrogen) atoms. The Bertz CT molecular complexity index is 911. The monoisotopic (exact) mass is 440 g/mol. The summed E-state index contributed by atoms with van der Waals surface area (Å²) in [6.07, 6.45) is 1.35. The number of thioether (sulfide) groups is 1. The smallest absolute Gasteiger partial charge is 0.302 e. The zero-order valence-corrected chi connectivity index (χ0v) is 17.2. The largest absolute Gasteiger partial charge is 0.543 e. The van der Waals surface area contributed by atoms with Gasteiger partial charge >= 0.3 is 5.97 Å². The van der Waals surface area contributed by atoms with Crippen LogP contribution in [0, 0.1) is 0 Å². The van der Waals surface area contributed by atoms with Crippen LogP contribution in [-0.4, -0.2) is 65.2 Å². The standard InChI is InChI=1S/C17H17N3O8S.H3N/c1-8(21)28-6-9-7-29-16-12(15(23)20(16)13(9)17(24)25)18-14(22)11(19-26-2)10-4-3-5-27-10;/h3-5,12,16H,6-7H2,1-2H3,(H,18,22)(H,24,25);1H3/t12-,16-;/m1./s1. The molecule has 1 saturated heterocycles. The maximum atomic E-state index is 12.6. The molecule has 1 aromatic rings. The molecule has 2 aliphatic rings. The highest BCUT2D eigenvalue weighted by Crippen LogP contribution is 2.40. The van der Waals surface area contributed by atoms with Crippen LogP contribution in [0.15, 0.2) is 39.2 Å². The number of fused-ring (bicyclic) bond motifs is 1. The highest BCUT2D eigenvalue weighted by molar-refractivity contribution is 8.00. The summed E-state index contributed by atoms with van der Waals surface area (Å²) < 4.78 is 9.98. The fraction of sp³-hybridized carbons (Fsp3) is 0.353. The molecule has 0 aromatic carbocycles. The van der Waals surface area contributed by atoms with Gasteiger partial charge in [0.05, 0.1) is 17.9 Å². The lowest BCUT2D eigenvalue weighted by molar-refractivity contribution is -0.301. The highest BCUT2D eigenvalue weighted by Gasteiger charge is 2.53. The van der Waals surface area contributed by atoms with Gasteiger partial charge in [-0.1, -0.05) is 5.16 Å². The Morgan fingerprint density at radius 2 is 2.17 bits per heavy atom. The quantitative estimate of drug-likeness (QED) is 0.231. The number of β-lactam (4-membered cyclic amide) rings is 1. The summed E-state index contributed by atoms with van der Waals surface area (Å²) >= 11 is 1.23. The molecule has 5 N–H and O–H groups in total. The Morgan fingerprint density at radius 1 is 1.43 bits per heavy atom. The van der Waals surface area contributed by atoms with Crippen LogP contribution in [0.1, 0.15) is 12.7 Å². The molecular weight excluding hydrogens is 420 g/mol.